The molecule has 0 fully saturated rings. The fourth-order valence-electron chi connectivity index (χ4n) is 2.54. The Bertz CT molecular complexity index is 911. The van der Waals surface area contributed by atoms with E-state index in [1.54, 1.807) is 49.6 Å². The van der Waals surface area contributed by atoms with Crippen molar-refractivity contribution < 1.29 is 28.5 Å². The van der Waals surface area contributed by atoms with E-state index in [9.17, 15) is 9.59 Å². The summed E-state index contributed by atoms with van der Waals surface area (Å²) in [6.45, 7) is 4.34. The normalized spacial score (nSPS) is 10.7. The van der Waals surface area contributed by atoms with Crippen molar-refractivity contribution in [3.8, 4) is 11.5 Å². The molecule has 0 radical (unpaired) electrons. The van der Waals surface area contributed by atoms with Gasteiger partial charge in [0.15, 0.2) is 11.5 Å². The van der Waals surface area contributed by atoms with Crippen molar-refractivity contribution in [2.75, 3.05) is 38.1 Å². The SMILES string of the molecule is COCCOC(=O)Nc1cccc(NC(=O)/C=C/c2ccc(OC(C)C)c(OC)c2)c1. The lowest BCUT2D eigenvalue weighted by Crippen LogP contribution is -2.16. The zero-order valence-corrected chi connectivity index (χ0v) is 18.1. The molecule has 0 saturated carbocycles. The number of amides is 2. The summed E-state index contributed by atoms with van der Waals surface area (Å²) in [6.07, 6.45) is 2.51. The van der Waals surface area contributed by atoms with Gasteiger partial charge in [-0.15, -0.1) is 0 Å². The fraction of sp³-hybridized carbons (Fsp3) is 0.304. The molecule has 166 valence electrons. The van der Waals surface area contributed by atoms with Crippen LogP contribution in [-0.4, -0.2) is 45.5 Å². The van der Waals surface area contributed by atoms with Crippen LogP contribution in [0.25, 0.3) is 6.08 Å². The molecule has 0 aliphatic rings. The van der Waals surface area contributed by atoms with Crippen molar-refractivity contribution in [1.82, 2.24) is 0 Å². The minimum Gasteiger partial charge on any atom is -0.493 e. The zero-order chi connectivity index (χ0) is 22.6. The third-order valence-electron chi connectivity index (χ3n) is 3.87. The molecular formula is C23H28N2O6. The molecule has 0 unspecified atom stereocenters. The van der Waals surface area contributed by atoms with Crippen LogP contribution < -0.4 is 20.1 Å². The van der Waals surface area contributed by atoms with Gasteiger partial charge in [0.1, 0.15) is 6.61 Å². The van der Waals surface area contributed by atoms with Crippen LogP contribution in [0.3, 0.4) is 0 Å². The smallest absolute Gasteiger partial charge is 0.411 e. The molecule has 0 aliphatic heterocycles. The zero-order valence-electron chi connectivity index (χ0n) is 18.1. The summed E-state index contributed by atoms with van der Waals surface area (Å²) in [7, 11) is 3.09. The number of carbonyl (C=O) groups excluding carboxylic acids is 2. The number of benzene rings is 2. The largest absolute Gasteiger partial charge is 0.493 e. The molecule has 2 aromatic rings. The summed E-state index contributed by atoms with van der Waals surface area (Å²) in [4.78, 5) is 24.0. The molecule has 2 N–H and O–H groups in total. The standard InChI is InChI=1S/C23H28N2O6/c1-16(2)31-20-10-8-17(14-21(20)29-4)9-11-22(26)24-18-6-5-7-19(15-18)25-23(27)30-13-12-28-3/h5-11,14-16H,12-13H2,1-4H3,(H,24,26)(H,25,27)/b11-9+. The number of methoxy groups -OCH3 is 2. The van der Waals surface area contributed by atoms with Crippen LogP contribution in [-0.2, 0) is 14.3 Å². The first-order chi connectivity index (χ1) is 14.9. The Morgan fingerprint density at radius 3 is 2.39 bits per heavy atom. The molecule has 2 amide bonds. The van der Waals surface area contributed by atoms with Gasteiger partial charge in [-0.3, -0.25) is 10.1 Å². The van der Waals surface area contributed by atoms with E-state index in [0.29, 0.717) is 29.5 Å². The highest BCUT2D eigenvalue weighted by atomic mass is 16.6. The first kappa shape index (κ1) is 23.8. The maximum atomic E-state index is 12.3. The lowest BCUT2D eigenvalue weighted by molar-refractivity contribution is -0.111. The number of hydrogen-bond acceptors (Lipinski definition) is 6. The molecule has 0 atom stereocenters. The summed E-state index contributed by atoms with van der Waals surface area (Å²) in [5.41, 5.74) is 1.81. The van der Waals surface area contributed by atoms with Crippen LogP contribution in [0.5, 0.6) is 11.5 Å². The van der Waals surface area contributed by atoms with E-state index in [4.69, 9.17) is 18.9 Å². The first-order valence-corrected chi connectivity index (χ1v) is 9.77. The highest BCUT2D eigenvalue weighted by molar-refractivity contribution is 6.02. The van der Waals surface area contributed by atoms with E-state index in [1.807, 2.05) is 19.9 Å². The van der Waals surface area contributed by atoms with E-state index in [-0.39, 0.29) is 18.6 Å². The topological polar surface area (TPSA) is 95.1 Å². The van der Waals surface area contributed by atoms with Gasteiger partial charge in [-0.2, -0.15) is 0 Å². The van der Waals surface area contributed by atoms with Crippen molar-refractivity contribution >= 4 is 29.5 Å². The summed E-state index contributed by atoms with van der Waals surface area (Å²) in [5, 5.41) is 5.34. The molecular weight excluding hydrogens is 400 g/mol. The number of nitrogens with one attached hydrogen (secondary N) is 2. The third kappa shape index (κ3) is 8.39. The van der Waals surface area contributed by atoms with E-state index < -0.39 is 6.09 Å². The maximum Gasteiger partial charge on any atom is 0.411 e. The van der Waals surface area contributed by atoms with Crippen LogP contribution in [0.15, 0.2) is 48.5 Å². The molecule has 8 heteroatoms. The van der Waals surface area contributed by atoms with Gasteiger partial charge in [0.2, 0.25) is 5.91 Å². The predicted molar refractivity (Wildman–Crippen MR) is 120 cm³/mol. The summed E-state index contributed by atoms with van der Waals surface area (Å²) in [6, 6.07) is 12.2. The van der Waals surface area contributed by atoms with Gasteiger partial charge in [-0.05, 0) is 55.8 Å². The van der Waals surface area contributed by atoms with E-state index in [0.717, 1.165) is 5.56 Å². The van der Waals surface area contributed by atoms with Gasteiger partial charge >= 0.3 is 6.09 Å². The minimum atomic E-state index is -0.598. The molecule has 31 heavy (non-hydrogen) atoms. The summed E-state index contributed by atoms with van der Waals surface area (Å²) >= 11 is 0. The second kappa shape index (κ2) is 12.2. The monoisotopic (exact) mass is 428 g/mol. The molecule has 0 aromatic heterocycles. The van der Waals surface area contributed by atoms with Gasteiger partial charge < -0.3 is 24.3 Å². The Hall–Kier alpha value is -3.52. The van der Waals surface area contributed by atoms with Gasteiger partial charge in [-0.1, -0.05) is 12.1 Å². The van der Waals surface area contributed by atoms with Crippen LogP contribution in [0.2, 0.25) is 0 Å². The fourth-order valence-corrected chi connectivity index (χ4v) is 2.54. The predicted octanol–water partition coefficient (Wildman–Crippen LogP) is 4.33. The number of hydrogen-bond donors (Lipinski definition) is 2. The average Bonchev–Trinajstić information content (AvgIpc) is 2.73. The number of anilines is 2. The van der Waals surface area contributed by atoms with Crippen LogP contribution in [0, 0.1) is 0 Å². The second-order valence-corrected chi connectivity index (χ2v) is 6.73. The highest BCUT2D eigenvalue weighted by Gasteiger charge is 2.07. The minimum absolute atomic E-state index is 0.0264. The molecule has 8 nitrogen and oxygen atoms in total. The quantitative estimate of drug-likeness (QED) is 0.432. The van der Waals surface area contributed by atoms with Crippen molar-refractivity contribution in [3.63, 3.8) is 0 Å². The first-order valence-electron chi connectivity index (χ1n) is 9.77. The Morgan fingerprint density at radius 1 is 0.968 bits per heavy atom. The van der Waals surface area contributed by atoms with Crippen LogP contribution in [0.1, 0.15) is 19.4 Å². The summed E-state index contributed by atoms with van der Waals surface area (Å²) < 4.78 is 20.8. The van der Waals surface area contributed by atoms with Crippen molar-refractivity contribution in [2.24, 2.45) is 0 Å². The Labute approximate surface area is 182 Å². The third-order valence-corrected chi connectivity index (χ3v) is 3.87. The molecule has 0 spiro atoms. The lowest BCUT2D eigenvalue weighted by atomic mass is 10.2. The molecule has 0 heterocycles. The van der Waals surface area contributed by atoms with E-state index in [2.05, 4.69) is 10.6 Å². The van der Waals surface area contributed by atoms with Gasteiger partial charge in [0.25, 0.3) is 0 Å². The van der Waals surface area contributed by atoms with Crippen molar-refractivity contribution in [3.05, 3.63) is 54.1 Å². The van der Waals surface area contributed by atoms with Crippen LogP contribution >= 0.6 is 0 Å². The molecule has 2 aromatic carbocycles. The highest BCUT2D eigenvalue weighted by Crippen LogP contribution is 2.29. The molecule has 0 bridgehead atoms. The van der Waals surface area contributed by atoms with Gasteiger partial charge in [0, 0.05) is 24.6 Å². The number of rotatable bonds is 10. The average molecular weight is 428 g/mol. The van der Waals surface area contributed by atoms with E-state index in [1.165, 1.54) is 13.2 Å². The number of carbonyl (C=O) groups is 2. The lowest BCUT2D eigenvalue weighted by Gasteiger charge is -2.13. The molecule has 0 saturated heterocycles. The Morgan fingerprint density at radius 2 is 1.71 bits per heavy atom. The second-order valence-electron chi connectivity index (χ2n) is 6.73. The van der Waals surface area contributed by atoms with Gasteiger partial charge in [0.05, 0.1) is 19.8 Å². The maximum absolute atomic E-state index is 12.3. The molecule has 2 rings (SSSR count). The summed E-state index contributed by atoms with van der Waals surface area (Å²) in [5.74, 6) is 0.915. The van der Waals surface area contributed by atoms with E-state index >= 15 is 0 Å². The number of ether oxygens (including phenoxy) is 4. The van der Waals surface area contributed by atoms with Crippen LogP contribution in [0.4, 0.5) is 16.2 Å². The van der Waals surface area contributed by atoms with Crippen molar-refractivity contribution in [2.45, 2.75) is 20.0 Å². The Kier molecular flexibility index (Phi) is 9.38. The van der Waals surface area contributed by atoms with Gasteiger partial charge in [-0.25, -0.2) is 4.79 Å². The van der Waals surface area contributed by atoms with Crippen molar-refractivity contribution in [1.29, 1.82) is 0 Å². The Balaban J connectivity index is 1.96. The molecule has 0 aliphatic carbocycles.